The molecule has 0 spiro atoms. The molecule has 1 aliphatic heterocycles. The van der Waals surface area contributed by atoms with E-state index in [1.54, 1.807) is 0 Å². The molecule has 1 aromatic heterocycles. The number of carbonyl (C=O) groups excluding carboxylic acids is 2. The molecule has 2 N–H and O–H groups in total. The molecule has 1 saturated carbocycles. The summed E-state index contributed by atoms with van der Waals surface area (Å²) in [7, 11) is 0. The molecule has 2 aromatic rings. The molecule has 7 heteroatoms. The number of halogens is 1. The molecular weight excluding hydrogens is 376 g/mol. The fourth-order valence-corrected chi connectivity index (χ4v) is 4.13. The first-order valence-corrected chi connectivity index (χ1v) is 10.2. The van der Waals surface area contributed by atoms with Gasteiger partial charge in [0.25, 0.3) is 0 Å². The average molecular weight is 401 g/mol. The van der Waals surface area contributed by atoms with Gasteiger partial charge in [-0.3, -0.25) is 14.7 Å². The van der Waals surface area contributed by atoms with Gasteiger partial charge in [0, 0.05) is 29.7 Å². The third-order valence-electron chi connectivity index (χ3n) is 5.88. The fourth-order valence-electron chi connectivity index (χ4n) is 4.01. The van der Waals surface area contributed by atoms with E-state index in [4.69, 9.17) is 11.6 Å². The minimum atomic E-state index is -0.599. The molecule has 148 valence electrons. The highest BCUT2D eigenvalue weighted by Crippen LogP contribution is 2.38. The van der Waals surface area contributed by atoms with Gasteiger partial charge in [-0.25, -0.2) is 0 Å². The summed E-state index contributed by atoms with van der Waals surface area (Å²) in [6.45, 7) is 3.24. The lowest BCUT2D eigenvalue weighted by Gasteiger charge is -2.50. The van der Waals surface area contributed by atoms with E-state index in [9.17, 15) is 9.59 Å². The Kier molecular flexibility index (Phi) is 5.15. The Morgan fingerprint density at radius 2 is 2.00 bits per heavy atom. The van der Waals surface area contributed by atoms with E-state index < -0.39 is 5.41 Å². The zero-order chi connectivity index (χ0) is 19.7. The molecule has 1 saturated heterocycles. The summed E-state index contributed by atoms with van der Waals surface area (Å²) in [5, 5.41) is 10.7. The van der Waals surface area contributed by atoms with Gasteiger partial charge in [0.05, 0.1) is 17.7 Å². The van der Waals surface area contributed by atoms with E-state index >= 15 is 0 Å². The second kappa shape index (κ2) is 7.59. The first kappa shape index (κ1) is 19.0. The van der Waals surface area contributed by atoms with Crippen LogP contribution in [-0.2, 0) is 22.6 Å². The van der Waals surface area contributed by atoms with Gasteiger partial charge in [0.15, 0.2) is 0 Å². The predicted octanol–water partition coefficient (Wildman–Crippen LogP) is 2.86. The van der Waals surface area contributed by atoms with Gasteiger partial charge in [-0.1, -0.05) is 30.2 Å². The molecule has 2 aliphatic rings. The van der Waals surface area contributed by atoms with Crippen LogP contribution in [0.5, 0.6) is 0 Å². The first-order valence-electron chi connectivity index (χ1n) is 9.78. The molecule has 0 atom stereocenters. The van der Waals surface area contributed by atoms with Crippen molar-refractivity contribution in [2.24, 2.45) is 11.3 Å². The van der Waals surface area contributed by atoms with Gasteiger partial charge in [-0.05, 0) is 49.9 Å². The van der Waals surface area contributed by atoms with Crippen molar-refractivity contribution in [3.05, 3.63) is 52.3 Å². The van der Waals surface area contributed by atoms with Crippen LogP contribution in [0.15, 0.2) is 30.3 Å². The average Bonchev–Trinajstić information content (AvgIpc) is 3.01. The summed E-state index contributed by atoms with van der Waals surface area (Å²) in [6, 6.07) is 9.49. The van der Waals surface area contributed by atoms with Crippen molar-refractivity contribution in [2.45, 2.75) is 39.2 Å². The number of rotatable bonds is 6. The summed E-state index contributed by atoms with van der Waals surface area (Å²) < 4.78 is 0. The van der Waals surface area contributed by atoms with E-state index in [0.29, 0.717) is 31.1 Å². The van der Waals surface area contributed by atoms with Crippen LogP contribution in [0.3, 0.4) is 0 Å². The highest BCUT2D eigenvalue weighted by Gasteiger charge is 2.52. The Balaban J connectivity index is 1.45. The summed E-state index contributed by atoms with van der Waals surface area (Å²) >= 11 is 5.99. The van der Waals surface area contributed by atoms with Crippen LogP contribution in [0.2, 0.25) is 5.02 Å². The number of nitrogens with one attached hydrogen (secondary N) is 2. The van der Waals surface area contributed by atoms with Crippen molar-refractivity contribution < 1.29 is 9.59 Å². The number of amides is 2. The van der Waals surface area contributed by atoms with Crippen molar-refractivity contribution in [2.75, 3.05) is 13.1 Å². The number of H-pyrrole nitrogens is 1. The number of benzene rings is 1. The molecule has 1 aliphatic carbocycles. The third kappa shape index (κ3) is 3.78. The second-order valence-electron chi connectivity index (χ2n) is 8.13. The van der Waals surface area contributed by atoms with E-state index in [1.165, 1.54) is 0 Å². The highest BCUT2D eigenvalue weighted by atomic mass is 35.5. The zero-order valence-electron chi connectivity index (χ0n) is 16.0. The Morgan fingerprint density at radius 1 is 1.29 bits per heavy atom. The van der Waals surface area contributed by atoms with E-state index in [1.807, 2.05) is 42.2 Å². The summed E-state index contributed by atoms with van der Waals surface area (Å²) in [5.74, 6) is 0.332. The summed E-state index contributed by atoms with van der Waals surface area (Å²) in [6.07, 6.45) is 3.67. The van der Waals surface area contributed by atoms with Crippen LogP contribution in [0.1, 0.15) is 36.2 Å². The molecule has 2 amide bonds. The topological polar surface area (TPSA) is 78.1 Å². The second-order valence-corrected chi connectivity index (χ2v) is 8.57. The van der Waals surface area contributed by atoms with E-state index in [-0.39, 0.29) is 17.7 Å². The molecule has 0 bridgehead atoms. The summed E-state index contributed by atoms with van der Waals surface area (Å²) in [4.78, 5) is 27.5. The maximum absolute atomic E-state index is 13.1. The summed E-state index contributed by atoms with van der Waals surface area (Å²) in [5.41, 5.74) is 2.21. The fraction of sp³-hybridized carbons (Fsp3) is 0.476. The number of hydrogen-bond acceptors (Lipinski definition) is 3. The van der Waals surface area contributed by atoms with Crippen LogP contribution >= 0.6 is 11.6 Å². The Hall–Kier alpha value is -2.34. The highest BCUT2D eigenvalue weighted by molar-refractivity contribution is 6.30. The Bertz CT molecular complexity index is 867. The molecule has 0 radical (unpaired) electrons. The number of hydrogen-bond donors (Lipinski definition) is 2. The SMILES string of the molecule is Cc1cc(CNC(=O)C2(Cc3ccc(Cl)cc3)CN(C(=O)C3CCC3)C2)n[nH]1. The lowest BCUT2D eigenvalue weighted by atomic mass is 9.72. The van der Waals surface area contributed by atoms with Crippen molar-refractivity contribution in [3.63, 3.8) is 0 Å². The minimum Gasteiger partial charge on any atom is -0.350 e. The predicted molar refractivity (Wildman–Crippen MR) is 107 cm³/mol. The zero-order valence-corrected chi connectivity index (χ0v) is 16.8. The van der Waals surface area contributed by atoms with Gasteiger partial charge in [0.2, 0.25) is 11.8 Å². The molecule has 2 fully saturated rings. The number of nitrogens with zero attached hydrogens (tertiary/aromatic N) is 2. The molecule has 6 nitrogen and oxygen atoms in total. The molecular formula is C21H25ClN4O2. The third-order valence-corrected chi connectivity index (χ3v) is 6.13. The van der Waals surface area contributed by atoms with E-state index in [0.717, 1.165) is 36.2 Å². The monoisotopic (exact) mass is 400 g/mol. The van der Waals surface area contributed by atoms with Crippen molar-refractivity contribution in [1.82, 2.24) is 20.4 Å². The Morgan fingerprint density at radius 3 is 2.57 bits per heavy atom. The number of aromatic amines is 1. The van der Waals surface area contributed by atoms with Crippen molar-refractivity contribution >= 4 is 23.4 Å². The van der Waals surface area contributed by atoms with Crippen LogP contribution in [0.25, 0.3) is 0 Å². The quantitative estimate of drug-likeness (QED) is 0.782. The van der Waals surface area contributed by atoms with Gasteiger partial charge in [-0.15, -0.1) is 0 Å². The minimum absolute atomic E-state index is 0.0271. The Labute approximate surface area is 169 Å². The maximum atomic E-state index is 13.1. The molecule has 1 aromatic carbocycles. The largest absolute Gasteiger partial charge is 0.350 e. The lowest BCUT2D eigenvalue weighted by Crippen LogP contribution is -2.66. The smallest absolute Gasteiger partial charge is 0.230 e. The first-order chi connectivity index (χ1) is 13.4. The maximum Gasteiger partial charge on any atom is 0.230 e. The number of aryl methyl sites for hydroxylation is 1. The van der Waals surface area contributed by atoms with Crippen LogP contribution in [0.4, 0.5) is 0 Å². The molecule has 0 unspecified atom stereocenters. The van der Waals surface area contributed by atoms with Crippen molar-refractivity contribution in [3.8, 4) is 0 Å². The molecule has 2 heterocycles. The van der Waals surface area contributed by atoms with E-state index in [2.05, 4.69) is 15.5 Å². The van der Waals surface area contributed by atoms with Crippen LogP contribution < -0.4 is 5.32 Å². The van der Waals surface area contributed by atoms with Gasteiger partial charge in [-0.2, -0.15) is 5.10 Å². The van der Waals surface area contributed by atoms with Gasteiger partial charge in [0.1, 0.15) is 0 Å². The number of carbonyl (C=O) groups is 2. The molecule has 28 heavy (non-hydrogen) atoms. The van der Waals surface area contributed by atoms with Gasteiger partial charge >= 0.3 is 0 Å². The number of aromatic nitrogens is 2. The standard InChI is InChI=1S/C21H25ClN4O2/c1-14-9-18(25-24-14)11-23-20(28)21(10-15-5-7-17(22)8-6-15)12-26(13-21)19(27)16-3-2-4-16/h5-9,16H,2-4,10-13H2,1H3,(H,23,28)(H,24,25). The number of likely N-dealkylation sites (tertiary alicyclic amines) is 1. The van der Waals surface area contributed by atoms with Crippen LogP contribution in [-0.4, -0.2) is 40.0 Å². The molecule has 4 rings (SSSR count). The van der Waals surface area contributed by atoms with Crippen molar-refractivity contribution in [1.29, 1.82) is 0 Å². The van der Waals surface area contributed by atoms with Crippen LogP contribution in [0, 0.1) is 18.3 Å². The van der Waals surface area contributed by atoms with Gasteiger partial charge < -0.3 is 10.2 Å². The lowest BCUT2D eigenvalue weighted by molar-refractivity contribution is -0.158. The normalized spacial score (nSPS) is 18.3.